The predicted octanol–water partition coefficient (Wildman–Crippen LogP) is 2.95. The maximum Gasteiger partial charge on any atom is 0.412 e. The summed E-state index contributed by atoms with van der Waals surface area (Å²) in [7, 11) is 0. The number of hydrogen-bond acceptors (Lipinski definition) is 7. The summed E-state index contributed by atoms with van der Waals surface area (Å²) in [4.78, 5) is 35.9. The second-order valence-electron chi connectivity index (χ2n) is 6.67. The van der Waals surface area contributed by atoms with Crippen LogP contribution in [0.1, 0.15) is 45.1 Å². The fourth-order valence-electron chi connectivity index (χ4n) is 2.99. The molecule has 1 aliphatic rings. The molecule has 2 rings (SSSR count). The van der Waals surface area contributed by atoms with Crippen molar-refractivity contribution in [1.29, 1.82) is 0 Å². The molecule has 0 saturated carbocycles. The van der Waals surface area contributed by atoms with Crippen molar-refractivity contribution in [2.24, 2.45) is 0 Å². The van der Waals surface area contributed by atoms with E-state index in [1.807, 2.05) is 32.0 Å². The third-order valence-electron chi connectivity index (χ3n) is 4.50. The van der Waals surface area contributed by atoms with Gasteiger partial charge in [-0.25, -0.2) is 4.79 Å². The molecular formula is C20H27NO8. The highest BCUT2D eigenvalue weighted by molar-refractivity contribution is 5.70. The quantitative estimate of drug-likeness (QED) is 0.337. The minimum absolute atomic E-state index is 0.00891. The monoisotopic (exact) mass is 409 g/mol. The number of carboxylic acids is 1. The van der Waals surface area contributed by atoms with Crippen molar-refractivity contribution in [2.75, 3.05) is 20.1 Å². The summed E-state index contributed by atoms with van der Waals surface area (Å²) in [6, 6.07) is 5.52. The molecule has 9 heteroatoms. The lowest BCUT2D eigenvalue weighted by Crippen LogP contribution is -2.40. The summed E-state index contributed by atoms with van der Waals surface area (Å²) in [6.45, 7) is 3.92. The van der Waals surface area contributed by atoms with E-state index < -0.39 is 24.8 Å². The molecule has 9 nitrogen and oxygen atoms in total. The van der Waals surface area contributed by atoms with Crippen LogP contribution in [-0.4, -0.2) is 54.2 Å². The number of carbonyl (C=O) groups is 3. The standard InChI is InChI=1S/C20H27NO8/c1-3-21(14(2)10-15-8-9-16-17(11-15)27-12-26-16)20(25)29-13-28-19(24)7-5-4-6-18(22)23/h8-9,11,14H,3-7,10,12-13H2,1-2H3,(H,22,23). The third kappa shape index (κ3) is 7.17. The number of carboxylic acid groups (broad SMARTS) is 1. The Morgan fingerprint density at radius 2 is 1.86 bits per heavy atom. The van der Waals surface area contributed by atoms with Gasteiger partial charge < -0.3 is 29.0 Å². The molecule has 0 bridgehead atoms. The average Bonchev–Trinajstić information content (AvgIpc) is 3.13. The zero-order valence-corrected chi connectivity index (χ0v) is 16.7. The van der Waals surface area contributed by atoms with E-state index >= 15 is 0 Å². The first-order chi connectivity index (χ1) is 13.9. The lowest BCUT2D eigenvalue weighted by molar-refractivity contribution is -0.153. The van der Waals surface area contributed by atoms with Crippen molar-refractivity contribution in [3.63, 3.8) is 0 Å². The Kier molecular flexibility index (Phi) is 8.57. The van der Waals surface area contributed by atoms with E-state index in [-0.39, 0.29) is 25.7 Å². The molecule has 1 N–H and O–H groups in total. The summed E-state index contributed by atoms with van der Waals surface area (Å²) in [5, 5.41) is 8.55. The summed E-state index contributed by atoms with van der Waals surface area (Å²) in [5.74, 6) is -0.0324. The van der Waals surface area contributed by atoms with Crippen LogP contribution in [0.2, 0.25) is 0 Å². The molecule has 0 fully saturated rings. The molecule has 1 atom stereocenters. The van der Waals surface area contributed by atoms with E-state index in [1.54, 1.807) is 4.90 Å². The number of rotatable bonds is 11. The van der Waals surface area contributed by atoms with Crippen molar-refractivity contribution in [3.8, 4) is 11.5 Å². The first kappa shape index (κ1) is 22.3. The molecule has 1 heterocycles. The fourth-order valence-corrected chi connectivity index (χ4v) is 2.99. The summed E-state index contributed by atoms with van der Waals surface area (Å²) < 4.78 is 20.6. The fraction of sp³-hybridized carbons (Fsp3) is 0.550. The summed E-state index contributed by atoms with van der Waals surface area (Å²) in [6.07, 6.45) is 0.929. The smallest absolute Gasteiger partial charge is 0.412 e. The van der Waals surface area contributed by atoms with Crippen LogP contribution < -0.4 is 9.47 Å². The number of unbranched alkanes of at least 4 members (excludes halogenated alkanes) is 1. The molecule has 0 aliphatic carbocycles. The van der Waals surface area contributed by atoms with Crippen LogP contribution >= 0.6 is 0 Å². The summed E-state index contributed by atoms with van der Waals surface area (Å²) in [5.41, 5.74) is 1.00. The lowest BCUT2D eigenvalue weighted by Gasteiger charge is -2.27. The van der Waals surface area contributed by atoms with Gasteiger partial charge in [0, 0.05) is 25.4 Å². The first-order valence-corrected chi connectivity index (χ1v) is 9.60. The Labute approximate surface area is 169 Å². The Hall–Kier alpha value is -2.97. The summed E-state index contributed by atoms with van der Waals surface area (Å²) >= 11 is 0. The van der Waals surface area contributed by atoms with E-state index in [1.165, 1.54) is 0 Å². The molecule has 0 saturated heterocycles. The number of benzene rings is 1. The molecule has 1 amide bonds. The third-order valence-corrected chi connectivity index (χ3v) is 4.50. The topological polar surface area (TPSA) is 112 Å². The number of likely N-dealkylation sites (N-methyl/N-ethyl adjacent to an activating group) is 1. The van der Waals surface area contributed by atoms with Gasteiger partial charge in [-0.2, -0.15) is 0 Å². The molecular weight excluding hydrogens is 382 g/mol. The molecule has 1 unspecified atom stereocenters. The Bertz CT molecular complexity index is 720. The van der Waals surface area contributed by atoms with Gasteiger partial charge in [-0.05, 0) is 50.8 Å². The van der Waals surface area contributed by atoms with Gasteiger partial charge in [-0.3, -0.25) is 9.59 Å². The van der Waals surface area contributed by atoms with E-state index in [0.29, 0.717) is 37.3 Å². The van der Waals surface area contributed by atoms with Crippen LogP contribution in [0.3, 0.4) is 0 Å². The number of ether oxygens (including phenoxy) is 4. The molecule has 0 radical (unpaired) electrons. The van der Waals surface area contributed by atoms with Gasteiger partial charge >= 0.3 is 18.0 Å². The second-order valence-corrected chi connectivity index (χ2v) is 6.67. The zero-order valence-electron chi connectivity index (χ0n) is 16.7. The maximum absolute atomic E-state index is 12.3. The minimum atomic E-state index is -0.901. The minimum Gasteiger partial charge on any atom is -0.481 e. The number of amides is 1. The number of aliphatic carboxylic acids is 1. The number of fused-ring (bicyclic) bond motifs is 1. The largest absolute Gasteiger partial charge is 0.481 e. The van der Waals surface area contributed by atoms with Crippen LogP contribution in [-0.2, 0) is 25.5 Å². The van der Waals surface area contributed by atoms with E-state index in [0.717, 1.165) is 5.56 Å². The predicted molar refractivity (Wildman–Crippen MR) is 102 cm³/mol. The second kappa shape index (κ2) is 11.1. The van der Waals surface area contributed by atoms with Crippen LogP contribution in [0.15, 0.2) is 18.2 Å². The van der Waals surface area contributed by atoms with Crippen molar-refractivity contribution in [1.82, 2.24) is 4.90 Å². The van der Waals surface area contributed by atoms with Crippen molar-refractivity contribution in [3.05, 3.63) is 23.8 Å². The van der Waals surface area contributed by atoms with Crippen LogP contribution in [0.4, 0.5) is 4.79 Å². The van der Waals surface area contributed by atoms with Crippen LogP contribution in [0.25, 0.3) is 0 Å². The Balaban J connectivity index is 1.73. The van der Waals surface area contributed by atoms with Gasteiger partial charge in [0.25, 0.3) is 0 Å². The highest BCUT2D eigenvalue weighted by Gasteiger charge is 2.22. The number of hydrogen-bond donors (Lipinski definition) is 1. The van der Waals surface area contributed by atoms with Gasteiger partial charge in [-0.15, -0.1) is 0 Å². The van der Waals surface area contributed by atoms with Gasteiger partial charge in [0.15, 0.2) is 11.5 Å². The van der Waals surface area contributed by atoms with E-state index in [4.69, 9.17) is 24.1 Å². The van der Waals surface area contributed by atoms with Crippen molar-refractivity contribution in [2.45, 2.75) is 52.0 Å². The van der Waals surface area contributed by atoms with E-state index in [9.17, 15) is 14.4 Å². The Morgan fingerprint density at radius 1 is 1.14 bits per heavy atom. The Morgan fingerprint density at radius 3 is 2.59 bits per heavy atom. The normalized spacial score (nSPS) is 12.9. The molecule has 0 aromatic heterocycles. The zero-order chi connectivity index (χ0) is 21.2. The van der Waals surface area contributed by atoms with Crippen LogP contribution in [0.5, 0.6) is 11.5 Å². The lowest BCUT2D eigenvalue weighted by atomic mass is 10.1. The number of esters is 1. The molecule has 1 aromatic carbocycles. The van der Waals surface area contributed by atoms with Crippen LogP contribution in [0, 0.1) is 0 Å². The molecule has 29 heavy (non-hydrogen) atoms. The first-order valence-electron chi connectivity index (χ1n) is 9.60. The average molecular weight is 409 g/mol. The molecule has 160 valence electrons. The number of nitrogens with zero attached hydrogens (tertiary/aromatic N) is 1. The molecule has 1 aliphatic heterocycles. The molecule has 1 aromatic rings. The maximum atomic E-state index is 12.3. The van der Waals surface area contributed by atoms with Gasteiger partial charge in [0.2, 0.25) is 13.6 Å². The van der Waals surface area contributed by atoms with Gasteiger partial charge in [0.1, 0.15) is 0 Å². The number of carbonyl (C=O) groups excluding carboxylic acids is 2. The van der Waals surface area contributed by atoms with Gasteiger partial charge in [-0.1, -0.05) is 6.07 Å². The molecule has 0 spiro atoms. The van der Waals surface area contributed by atoms with Gasteiger partial charge in [0.05, 0.1) is 0 Å². The highest BCUT2D eigenvalue weighted by atomic mass is 16.7. The van der Waals surface area contributed by atoms with Crippen molar-refractivity contribution < 1.29 is 38.4 Å². The SMILES string of the molecule is CCN(C(=O)OCOC(=O)CCCCC(=O)O)C(C)Cc1ccc2c(c1)OCO2. The van der Waals surface area contributed by atoms with E-state index in [2.05, 4.69) is 0 Å². The highest BCUT2D eigenvalue weighted by Crippen LogP contribution is 2.33. The van der Waals surface area contributed by atoms with Crippen molar-refractivity contribution >= 4 is 18.0 Å².